The van der Waals surface area contributed by atoms with Crippen molar-refractivity contribution in [3.63, 3.8) is 0 Å². The van der Waals surface area contributed by atoms with Crippen LogP contribution in [0.25, 0.3) is 0 Å². The molecule has 0 radical (unpaired) electrons. The summed E-state index contributed by atoms with van der Waals surface area (Å²) in [5, 5.41) is 13.9. The Kier molecular flexibility index (Phi) is 5.24. The van der Waals surface area contributed by atoms with Gasteiger partial charge in [-0.05, 0) is 42.2 Å². The highest BCUT2D eigenvalue weighted by molar-refractivity contribution is 6.30. The molecule has 9 heteroatoms. The normalized spacial score (nSPS) is 15.4. The number of non-ortho nitro benzene ring substituents is 1. The first-order valence-corrected chi connectivity index (χ1v) is 9.49. The smallest absolute Gasteiger partial charge is 0.269 e. The molecule has 0 spiro atoms. The van der Waals surface area contributed by atoms with E-state index in [1.807, 2.05) is 18.2 Å². The Balaban J connectivity index is 1.54. The lowest BCUT2D eigenvalue weighted by Gasteiger charge is -2.23. The van der Waals surface area contributed by atoms with Crippen molar-refractivity contribution in [2.45, 2.75) is 18.8 Å². The second-order valence-electron chi connectivity index (χ2n) is 6.90. The average molecular weight is 423 g/mol. The molecule has 4 rings (SSSR count). The standard InChI is InChI=1S/C21H15ClN4O4/c22-15-3-1-2-13(8-15)14-9-18-17(19(27)10-14)11-23-21(24-18)25-20(28)12-4-6-16(7-5-12)26(29)30/h1-8,11,14H,9-10H2,(H,23,24,25,28). The van der Waals surface area contributed by atoms with Crippen molar-refractivity contribution in [3.8, 4) is 0 Å². The van der Waals surface area contributed by atoms with Gasteiger partial charge in [0.1, 0.15) is 0 Å². The Hall–Kier alpha value is -3.65. The maximum absolute atomic E-state index is 12.5. The summed E-state index contributed by atoms with van der Waals surface area (Å²) in [6.45, 7) is 0. The number of nitrogens with one attached hydrogen (secondary N) is 1. The van der Waals surface area contributed by atoms with Crippen molar-refractivity contribution in [1.82, 2.24) is 9.97 Å². The van der Waals surface area contributed by atoms with Crippen LogP contribution in [0, 0.1) is 10.1 Å². The molecule has 1 heterocycles. The van der Waals surface area contributed by atoms with Gasteiger partial charge < -0.3 is 0 Å². The highest BCUT2D eigenvalue weighted by atomic mass is 35.5. The van der Waals surface area contributed by atoms with Crippen molar-refractivity contribution in [2.75, 3.05) is 5.32 Å². The van der Waals surface area contributed by atoms with Crippen molar-refractivity contribution >= 4 is 34.9 Å². The lowest BCUT2D eigenvalue weighted by Crippen LogP contribution is -2.22. The van der Waals surface area contributed by atoms with Gasteiger partial charge in [0.05, 0.1) is 16.2 Å². The van der Waals surface area contributed by atoms with Crippen LogP contribution in [0.5, 0.6) is 0 Å². The van der Waals surface area contributed by atoms with Gasteiger partial charge in [0.2, 0.25) is 5.95 Å². The number of rotatable bonds is 4. The van der Waals surface area contributed by atoms with E-state index in [0.29, 0.717) is 29.1 Å². The summed E-state index contributed by atoms with van der Waals surface area (Å²) in [7, 11) is 0. The van der Waals surface area contributed by atoms with Crippen LogP contribution in [-0.4, -0.2) is 26.6 Å². The van der Waals surface area contributed by atoms with E-state index in [0.717, 1.165) is 5.56 Å². The van der Waals surface area contributed by atoms with E-state index in [2.05, 4.69) is 15.3 Å². The summed E-state index contributed by atoms with van der Waals surface area (Å²) in [6, 6.07) is 12.6. The Morgan fingerprint density at radius 3 is 2.63 bits per heavy atom. The zero-order valence-electron chi connectivity index (χ0n) is 15.5. The first kappa shape index (κ1) is 19.7. The number of benzene rings is 2. The van der Waals surface area contributed by atoms with Gasteiger partial charge in [0.25, 0.3) is 11.6 Å². The zero-order valence-corrected chi connectivity index (χ0v) is 16.3. The Labute approximate surface area is 176 Å². The Bertz CT molecular complexity index is 1160. The molecule has 0 fully saturated rings. The van der Waals surface area contributed by atoms with Crippen LogP contribution in [0.4, 0.5) is 11.6 Å². The molecule has 0 aliphatic heterocycles. The number of halogens is 1. The van der Waals surface area contributed by atoms with Crippen molar-refractivity contribution in [1.29, 1.82) is 0 Å². The quantitative estimate of drug-likeness (QED) is 0.497. The first-order chi connectivity index (χ1) is 14.4. The number of carbonyl (C=O) groups excluding carboxylic acids is 2. The van der Waals surface area contributed by atoms with E-state index in [1.54, 1.807) is 6.07 Å². The molecule has 1 aliphatic carbocycles. The number of aromatic nitrogens is 2. The number of fused-ring (bicyclic) bond motifs is 1. The molecule has 1 N–H and O–H groups in total. The second-order valence-corrected chi connectivity index (χ2v) is 7.33. The van der Waals surface area contributed by atoms with Crippen molar-refractivity contribution in [2.24, 2.45) is 0 Å². The van der Waals surface area contributed by atoms with Gasteiger partial charge >= 0.3 is 0 Å². The molecule has 0 saturated carbocycles. The highest BCUT2D eigenvalue weighted by Crippen LogP contribution is 2.33. The minimum absolute atomic E-state index is 0.0585. The van der Waals surface area contributed by atoms with Crippen LogP contribution in [0.1, 0.15) is 44.3 Å². The fourth-order valence-corrected chi connectivity index (χ4v) is 3.61. The topological polar surface area (TPSA) is 115 Å². The maximum Gasteiger partial charge on any atom is 0.269 e. The number of hydrogen-bond acceptors (Lipinski definition) is 6. The summed E-state index contributed by atoms with van der Waals surface area (Å²) in [4.78, 5) is 43.6. The largest absolute Gasteiger partial charge is 0.294 e. The molecule has 8 nitrogen and oxygen atoms in total. The molecule has 1 atom stereocenters. The molecular weight excluding hydrogens is 408 g/mol. The number of carbonyl (C=O) groups is 2. The fourth-order valence-electron chi connectivity index (χ4n) is 3.41. The Morgan fingerprint density at radius 1 is 1.17 bits per heavy atom. The third kappa shape index (κ3) is 4.04. The van der Waals surface area contributed by atoms with Gasteiger partial charge in [-0.25, -0.2) is 9.97 Å². The van der Waals surface area contributed by atoms with Gasteiger partial charge in [-0.3, -0.25) is 25.0 Å². The van der Waals surface area contributed by atoms with Crippen LogP contribution in [0.2, 0.25) is 5.02 Å². The lowest BCUT2D eigenvalue weighted by atomic mass is 9.82. The van der Waals surface area contributed by atoms with E-state index >= 15 is 0 Å². The van der Waals surface area contributed by atoms with Crippen LogP contribution in [0.15, 0.2) is 54.7 Å². The minimum Gasteiger partial charge on any atom is -0.294 e. The van der Waals surface area contributed by atoms with Crippen molar-refractivity contribution in [3.05, 3.63) is 92.2 Å². The summed E-state index contributed by atoms with van der Waals surface area (Å²) >= 11 is 6.07. The number of anilines is 1. The van der Waals surface area contributed by atoms with Crippen LogP contribution >= 0.6 is 11.6 Å². The summed E-state index contributed by atoms with van der Waals surface area (Å²) < 4.78 is 0. The summed E-state index contributed by atoms with van der Waals surface area (Å²) in [6.07, 6.45) is 2.28. The zero-order chi connectivity index (χ0) is 21.3. The van der Waals surface area contributed by atoms with Gasteiger partial charge in [0, 0.05) is 35.3 Å². The molecule has 3 aromatic rings. The Morgan fingerprint density at radius 2 is 1.93 bits per heavy atom. The number of nitro benzene ring substituents is 1. The number of hydrogen-bond donors (Lipinski definition) is 1. The molecular formula is C21H15ClN4O4. The monoisotopic (exact) mass is 422 g/mol. The number of nitro groups is 1. The summed E-state index contributed by atoms with van der Waals surface area (Å²) in [5.41, 5.74) is 2.08. The third-order valence-electron chi connectivity index (χ3n) is 4.93. The number of ketones is 1. The van der Waals surface area contributed by atoms with E-state index in [1.165, 1.54) is 30.5 Å². The average Bonchev–Trinajstić information content (AvgIpc) is 2.73. The van der Waals surface area contributed by atoms with E-state index in [9.17, 15) is 19.7 Å². The third-order valence-corrected chi connectivity index (χ3v) is 5.16. The summed E-state index contributed by atoms with van der Waals surface area (Å²) in [5.74, 6) is -0.554. The van der Waals surface area contributed by atoms with Gasteiger partial charge in [0.15, 0.2) is 5.78 Å². The van der Waals surface area contributed by atoms with E-state index < -0.39 is 10.8 Å². The predicted octanol–water partition coefficient (Wildman–Crippen LogP) is 4.20. The van der Waals surface area contributed by atoms with Gasteiger partial charge in [-0.2, -0.15) is 0 Å². The van der Waals surface area contributed by atoms with Crippen LogP contribution in [0.3, 0.4) is 0 Å². The van der Waals surface area contributed by atoms with E-state index in [-0.39, 0.29) is 28.9 Å². The molecule has 1 amide bonds. The lowest BCUT2D eigenvalue weighted by molar-refractivity contribution is -0.384. The number of nitrogens with zero attached hydrogens (tertiary/aromatic N) is 3. The first-order valence-electron chi connectivity index (χ1n) is 9.11. The highest BCUT2D eigenvalue weighted by Gasteiger charge is 2.28. The molecule has 150 valence electrons. The maximum atomic E-state index is 12.5. The number of amides is 1. The van der Waals surface area contributed by atoms with Crippen molar-refractivity contribution < 1.29 is 14.5 Å². The molecule has 2 aromatic carbocycles. The fraction of sp³-hybridized carbons (Fsp3) is 0.143. The van der Waals surface area contributed by atoms with E-state index in [4.69, 9.17) is 11.6 Å². The SMILES string of the molecule is O=C(Nc1ncc2c(n1)CC(c1cccc(Cl)c1)CC2=O)c1ccc([N+](=O)[O-])cc1. The predicted molar refractivity (Wildman–Crippen MR) is 110 cm³/mol. The number of Topliss-reactive ketones (excluding diaryl/α,β-unsaturated/α-hetero) is 1. The molecule has 0 saturated heterocycles. The molecule has 1 unspecified atom stereocenters. The van der Waals surface area contributed by atoms with Gasteiger partial charge in [-0.1, -0.05) is 23.7 Å². The van der Waals surface area contributed by atoms with Crippen LogP contribution in [-0.2, 0) is 6.42 Å². The minimum atomic E-state index is -0.540. The molecule has 0 bridgehead atoms. The molecule has 1 aromatic heterocycles. The van der Waals surface area contributed by atoms with Crippen LogP contribution < -0.4 is 5.32 Å². The molecule has 30 heavy (non-hydrogen) atoms. The van der Waals surface area contributed by atoms with Gasteiger partial charge in [-0.15, -0.1) is 0 Å². The molecule has 1 aliphatic rings. The second kappa shape index (κ2) is 8.00.